The van der Waals surface area contributed by atoms with E-state index in [0.29, 0.717) is 10.8 Å². The van der Waals surface area contributed by atoms with Gasteiger partial charge in [0.15, 0.2) is 10.8 Å². The van der Waals surface area contributed by atoms with E-state index in [-0.39, 0.29) is 0 Å². The molecule has 0 aromatic carbocycles. The zero-order valence-electron chi connectivity index (χ0n) is 3.46. The van der Waals surface area contributed by atoms with Crippen LogP contribution in [0.2, 0.25) is 0 Å². The van der Waals surface area contributed by atoms with E-state index in [2.05, 4.69) is 9.59 Å². The van der Waals surface area contributed by atoms with Crippen molar-refractivity contribution in [1.29, 1.82) is 0 Å². The monoisotopic (exact) mass is 116 g/mol. The van der Waals surface area contributed by atoms with Gasteiger partial charge in [-0.2, -0.15) is 0 Å². The topological polar surface area (TPSA) is 77.8 Å². The van der Waals surface area contributed by atoms with Crippen molar-refractivity contribution in [3.8, 4) is 0 Å². The molecule has 0 saturated heterocycles. The van der Waals surface area contributed by atoms with E-state index >= 15 is 0 Å². The van der Waals surface area contributed by atoms with E-state index < -0.39 is 0 Å². The Bertz CT molecular complexity index is 142. The third kappa shape index (κ3) is 0.614. The van der Waals surface area contributed by atoms with Crippen molar-refractivity contribution in [3.63, 3.8) is 0 Å². The first-order valence-electron chi connectivity index (χ1n) is 1.64. The summed E-state index contributed by atoms with van der Waals surface area (Å²) in [5.74, 6) is 0.324. The first-order valence-corrected chi connectivity index (χ1v) is 2.41. The van der Waals surface area contributed by atoms with E-state index in [9.17, 15) is 0 Å². The maximum Gasteiger partial charge on any atom is 0.182 e. The van der Waals surface area contributed by atoms with Crippen LogP contribution in [0.25, 0.3) is 0 Å². The van der Waals surface area contributed by atoms with Crippen molar-refractivity contribution < 1.29 is 0 Å². The fraction of sp³-hybridized carbons (Fsp3) is 0. The van der Waals surface area contributed by atoms with Gasteiger partial charge in [0.05, 0.1) is 0 Å². The lowest BCUT2D eigenvalue weighted by molar-refractivity contribution is 1.17. The second-order valence-electron chi connectivity index (χ2n) is 1.02. The smallest absolute Gasteiger partial charge is 0.182 e. The number of hydrogen-bond donors (Lipinski definition) is 2. The van der Waals surface area contributed by atoms with Crippen molar-refractivity contribution in [2.75, 3.05) is 11.5 Å². The van der Waals surface area contributed by atoms with Gasteiger partial charge in [-0.25, -0.2) is 0 Å². The summed E-state index contributed by atoms with van der Waals surface area (Å²) in [7, 11) is 0. The number of anilines is 2. The SMILES string of the molecule is Nc1nnsc1N. The molecule has 0 fully saturated rings. The molecule has 5 heteroatoms. The number of rotatable bonds is 0. The Balaban J connectivity index is 3.12. The molecule has 0 spiro atoms. The van der Waals surface area contributed by atoms with Gasteiger partial charge in [-0.3, -0.25) is 0 Å². The summed E-state index contributed by atoms with van der Waals surface area (Å²) in [5.41, 5.74) is 10.4. The quantitative estimate of drug-likeness (QED) is 0.488. The minimum Gasteiger partial charge on any atom is -0.386 e. The average Bonchev–Trinajstić information content (AvgIpc) is 1.91. The van der Waals surface area contributed by atoms with Crippen molar-refractivity contribution in [2.24, 2.45) is 0 Å². The lowest BCUT2D eigenvalue weighted by atomic mass is 10.8. The van der Waals surface area contributed by atoms with Crippen LogP contribution in [-0.2, 0) is 0 Å². The second-order valence-corrected chi connectivity index (χ2v) is 1.81. The molecule has 0 aliphatic rings. The second kappa shape index (κ2) is 1.34. The first-order chi connectivity index (χ1) is 3.30. The third-order valence-corrected chi connectivity index (χ3v) is 1.11. The Morgan fingerprint density at radius 1 is 1.43 bits per heavy atom. The van der Waals surface area contributed by atoms with Crippen LogP contribution in [-0.4, -0.2) is 9.59 Å². The van der Waals surface area contributed by atoms with Crippen LogP contribution in [0.15, 0.2) is 0 Å². The Kier molecular flexibility index (Phi) is 0.828. The average molecular weight is 116 g/mol. The van der Waals surface area contributed by atoms with Crippen molar-refractivity contribution >= 4 is 22.4 Å². The van der Waals surface area contributed by atoms with Crippen molar-refractivity contribution in [2.45, 2.75) is 0 Å². The van der Waals surface area contributed by atoms with Gasteiger partial charge < -0.3 is 11.5 Å². The lowest BCUT2D eigenvalue weighted by Crippen LogP contribution is -1.89. The molecule has 4 nitrogen and oxygen atoms in total. The van der Waals surface area contributed by atoms with Crippen LogP contribution in [0.5, 0.6) is 0 Å². The molecule has 7 heavy (non-hydrogen) atoms. The number of nitrogens with two attached hydrogens (primary N) is 2. The highest BCUT2D eigenvalue weighted by Gasteiger charge is 1.93. The van der Waals surface area contributed by atoms with Crippen LogP contribution in [0.4, 0.5) is 10.8 Å². The molecule has 1 aromatic rings. The summed E-state index contributed by atoms with van der Waals surface area (Å²) in [4.78, 5) is 0. The van der Waals surface area contributed by atoms with Crippen molar-refractivity contribution in [1.82, 2.24) is 9.59 Å². The predicted molar refractivity (Wildman–Crippen MR) is 28.7 cm³/mol. The molecule has 0 atom stereocenters. The van der Waals surface area contributed by atoms with Crippen LogP contribution < -0.4 is 11.5 Å². The molecular formula is C2H4N4S. The van der Waals surface area contributed by atoms with Gasteiger partial charge >= 0.3 is 0 Å². The van der Waals surface area contributed by atoms with E-state index in [1.807, 2.05) is 0 Å². The highest BCUT2D eigenvalue weighted by molar-refractivity contribution is 7.10. The summed E-state index contributed by atoms with van der Waals surface area (Å²) in [5, 5.41) is 3.92. The van der Waals surface area contributed by atoms with Gasteiger partial charge in [-0.05, 0) is 0 Å². The number of hydrogen-bond acceptors (Lipinski definition) is 5. The molecule has 0 saturated carbocycles. The van der Waals surface area contributed by atoms with Gasteiger partial charge in [0, 0.05) is 11.5 Å². The van der Waals surface area contributed by atoms with Gasteiger partial charge in [-0.15, -0.1) is 5.10 Å². The highest BCUT2D eigenvalue weighted by atomic mass is 32.1. The van der Waals surface area contributed by atoms with E-state index in [1.165, 1.54) is 0 Å². The number of nitrogen functional groups attached to an aromatic ring is 2. The normalized spacial score (nSPS) is 9.14. The van der Waals surface area contributed by atoms with Gasteiger partial charge in [0.1, 0.15) is 0 Å². The zero-order valence-corrected chi connectivity index (χ0v) is 4.27. The van der Waals surface area contributed by atoms with E-state index in [4.69, 9.17) is 11.5 Å². The largest absolute Gasteiger partial charge is 0.386 e. The standard InChI is InChI=1S/C2H4N4S/c3-1-2(4)7-6-5-1/h3-4H2. The molecule has 0 bridgehead atoms. The lowest BCUT2D eigenvalue weighted by Gasteiger charge is -1.76. The Morgan fingerprint density at radius 2 is 2.14 bits per heavy atom. The summed E-state index contributed by atoms with van der Waals surface area (Å²) < 4.78 is 3.46. The van der Waals surface area contributed by atoms with Gasteiger partial charge in [0.25, 0.3) is 0 Å². The minimum absolute atomic E-state index is 0.324. The Hall–Kier alpha value is -0.840. The summed E-state index contributed by atoms with van der Waals surface area (Å²) in [6.07, 6.45) is 0. The molecule has 1 rings (SSSR count). The van der Waals surface area contributed by atoms with Crippen LogP contribution >= 0.6 is 11.5 Å². The van der Waals surface area contributed by atoms with Gasteiger partial charge in [-0.1, -0.05) is 4.49 Å². The van der Waals surface area contributed by atoms with E-state index in [0.717, 1.165) is 11.5 Å². The molecule has 4 N–H and O–H groups in total. The minimum atomic E-state index is 0.324. The maximum atomic E-state index is 5.21. The summed E-state index contributed by atoms with van der Waals surface area (Å²) in [6.45, 7) is 0. The molecule has 0 aliphatic carbocycles. The highest BCUT2D eigenvalue weighted by Crippen LogP contribution is 2.12. The molecule has 1 aromatic heterocycles. The van der Waals surface area contributed by atoms with E-state index in [1.54, 1.807) is 0 Å². The molecule has 0 amide bonds. The zero-order chi connectivity index (χ0) is 5.28. The number of aromatic nitrogens is 2. The third-order valence-electron chi connectivity index (χ3n) is 0.540. The molecule has 38 valence electrons. The predicted octanol–water partition coefficient (Wildman–Crippen LogP) is -0.298. The molecule has 0 radical (unpaired) electrons. The summed E-state index contributed by atoms with van der Waals surface area (Å²) >= 11 is 1.10. The van der Waals surface area contributed by atoms with Crippen LogP contribution in [0.3, 0.4) is 0 Å². The molecular weight excluding hydrogens is 112 g/mol. The van der Waals surface area contributed by atoms with Crippen molar-refractivity contribution in [3.05, 3.63) is 0 Å². The van der Waals surface area contributed by atoms with Gasteiger partial charge in [0.2, 0.25) is 0 Å². The fourth-order valence-corrected chi connectivity index (χ4v) is 0.556. The van der Waals surface area contributed by atoms with Crippen LogP contribution in [0.1, 0.15) is 0 Å². The Morgan fingerprint density at radius 3 is 2.29 bits per heavy atom. The maximum absolute atomic E-state index is 5.21. The summed E-state index contributed by atoms with van der Waals surface area (Å²) in [6, 6.07) is 0. The molecule has 0 aliphatic heterocycles. The number of nitrogens with zero attached hydrogens (tertiary/aromatic N) is 2. The molecule has 0 unspecified atom stereocenters. The van der Waals surface area contributed by atoms with Crippen LogP contribution in [0, 0.1) is 0 Å². The Labute approximate surface area is 44.3 Å². The molecule has 1 heterocycles. The fourth-order valence-electron chi connectivity index (χ4n) is 0.204. The first kappa shape index (κ1) is 4.32.